The van der Waals surface area contributed by atoms with Crippen LogP contribution in [0.2, 0.25) is 10.0 Å². The summed E-state index contributed by atoms with van der Waals surface area (Å²) in [7, 11) is 3.64. The Kier molecular flexibility index (Phi) is 10.7. The zero-order valence-electron chi connectivity index (χ0n) is 27.7. The number of methoxy groups -OCH3 is 1. The highest BCUT2D eigenvalue weighted by Crippen LogP contribution is 2.34. The molecule has 2 aromatic carbocycles. The number of carbonyl (C=O) groups is 3. The van der Waals surface area contributed by atoms with E-state index in [-0.39, 0.29) is 48.4 Å². The minimum Gasteiger partial charge on any atom is -0.481 e. The number of rotatable bonds is 10. The van der Waals surface area contributed by atoms with Crippen LogP contribution in [0.1, 0.15) is 54.9 Å². The molecule has 2 amide bonds. The van der Waals surface area contributed by atoms with E-state index in [2.05, 4.69) is 17.1 Å². The third kappa shape index (κ3) is 7.38. The van der Waals surface area contributed by atoms with Crippen molar-refractivity contribution in [2.75, 3.05) is 38.7 Å². The molecular formula is C36H44Cl2N4O6. The van der Waals surface area contributed by atoms with E-state index >= 15 is 0 Å². The van der Waals surface area contributed by atoms with Crippen LogP contribution in [0.15, 0.2) is 42.6 Å². The zero-order valence-corrected chi connectivity index (χ0v) is 29.2. The van der Waals surface area contributed by atoms with Crippen molar-refractivity contribution in [2.24, 2.45) is 18.9 Å². The number of aryl methyl sites for hydroxylation is 1. The quantitative estimate of drug-likeness (QED) is 0.272. The molecule has 2 N–H and O–H groups in total. The number of carboxylic acids is 1. The smallest absolute Gasteiger partial charge is 0.306 e. The fourth-order valence-corrected chi connectivity index (χ4v) is 8.18. The second-order valence-corrected chi connectivity index (χ2v) is 14.5. The fraction of sp³-hybridized carbons (Fsp3) is 0.528. The molecule has 10 nitrogen and oxygen atoms in total. The monoisotopic (exact) mass is 698 g/mol. The van der Waals surface area contributed by atoms with Crippen molar-refractivity contribution in [1.82, 2.24) is 14.4 Å². The van der Waals surface area contributed by atoms with Crippen LogP contribution in [-0.4, -0.2) is 94.9 Å². The van der Waals surface area contributed by atoms with Gasteiger partial charge in [0, 0.05) is 62.0 Å². The van der Waals surface area contributed by atoms with Crippen LogP contribution in [0, 0.1) is 11.8 Å². The maximum atomic E-state index is 14.0. The number of amides is 2. The average molecular weight is 700 g/mol. The lowest BCUT2D eigenvalue weighted by molar-refractivity contribution is -0.144. The Morgan fingerprint density at radius 1 is 1.02 bits per heavy atom. The summed E-state index contributed by atoms with van der Waals surface area (Å²) in [4.78, 5) is 43.0. The molecule has 3 aliphatic rings. The standard InChI is InChI=1S/C36H44Cl2N4O6/c1-21-16-41(19-33(21)47-3)24-14-25(20-48-26-10-8-22(9-11-26)36(45)46)42(17-24)34(43)13-23-12-30(38)31(15-29(23)37)39-35(44)28-18-40(2)32-7-5-4-6-27(28)32/h4-7,12,15,18,21-22,24-26,33H,8-11,13-14,16-17,19-20H2,1-3H3,(H,39,44)(H,45,46)/t21-,22?,24-,25-,26?,33-/m0/s1. The second-order valence-electron chi connectivity index (χ2n) is 13.7. The molecule has 3 fully saturated rings. The third-order valence-corrected chi connectivity index (χ3v) is 11.2. The first-order valence-corrected chi connectivity index (χ1v) is 17.5. The number of hydrogen-bond donors (Lipinski definition) is 2. The molecule has 3 heterocycles. The predicted octanol–water partition coefficient (Wildman–Crippen LogP) is 5.88. The topological polar surface area (TPSA) is 113 Å². The molecule has 258 valence electrons. The number of benzene rings is 2. The molecule has 1 aromatic heterocycles. The molecule has 1 saturated carbocycles. The Labute approximate surface area is 291 Å². The first-order valence-electron chi connectivity index (χ1n) is 16.8. The Morgan fingerprint density at radius 3 is 2.48 bits per heavy atom. The number of halogens is 2. The SMILES string of the molecule is CO[C@H]1CN([C@H]2C[C@@H](COC3CCC(C(=O)O)CC3)N(C(=O)Cc3cc(Cl)c(NC(=O)c4cn(C)c5ccccc45)cc3Cl)C2)C[C@@H]1C. The van der Waals surface area contributed by atoms with Crippen LogP contribution in [0.3, 0.4) is 0 Å². The normalized spacial score (nSPS) is 26.3. The average Bonchev–Trinajstić information content (AvgIpc) is 3.77. The molecule has 3 aromatic rings. The maximum Gasteiger partial charge on any atom is 0.306 e. The molecule has 0 radical (unpaired) electrons. The first kappa shape index (κ1) is 34.7. The van der Waals surface area contributed by atoms with E-state index in [4.69, 9.17) is 32.7 Å². The van der Waals surface area contributed by atoms with Gasteiger partial charge in [0.05, 0.1) is 53.5 Å². The van der Waals surface area contributed by atoms with E-state index in [0.717, 1.165) is 30.4 Å². The van der Waals surface area contributed by atoms with Crippen molar-refractivity contribution < 1.29 is 29.0 Å². The number of carbonyl (C=O) groups excluding carboxylic acids is 2. The minimum absolute atomic E-state index is 0.00818. The predicted molar refractivity (Wildman–Crippen MR) is 186 cm³/mol. The Balaban J connectivity index is 1.14. The van der Waals surface area contributed by atoms with Crippen molar-refractivity contribution in [1.29, 1.82) is 0 Å². The van der Waals surface area contributed by atoms with E-state index in [1.54, 1.807) is 25.4 Å². The number of nitrogens with one attached hydrogen (secondary N) is 1. The highest BCUT2D eigenvalue weighted by molar-refractivity contribution is 6.36. The molecule has 12 heteroatoms. The number of hydrogen-bond acceptors (Lipinski definition) is 6. The second kappa shape index (κ2) is 14.8. The van der Waals surface area contributed by atoms with Gasteiger partial charge < -0.3 is 29.4 Å². The molecule has 0 spiro atoms. The van der Waals surface area contributed by atoms with Gasteiger partial charge in [0.2, 0.25) is 5.91 Å². The van der Waals surface area contributed by atoms with Crippen LogP contribution in [0.4, 0.5) is 5.69 Å². The molecule has 0 bridgehead atoms. The lowest BCUT2D eigenvalue weighted by atomic mass is 9.87. The van der Waals surface area contributed by atoms with E-state index < -0.39 is 5.97 Å². The van der Waals surface area contributed by atoms with Gasteiger partial charge in [0.1, 0.15) is 0 Å². The molecule has 6 rings (SSSR count). The Bertz CT molecular complexity index is 1670. The van der Waals surface area contributed by atoms with Gasteiger partial charge >= 0.3 is 5.97 Å². The van der Waals surface area contributed by atoms with E-state index in [9.17, 15) is 19.5 Å². The zero-order chi connectivity index (χ0) is 34.1. The summed E-state index contributed by atoms with van der Waals surface area (Å²) in [6.45, 7) is 4.90. The molecule has 0 unspecified atom stereocenters. The summed E-state index contributed by atoms with van der Waals surface area (Å²) in [6.07, 6.45) is 5.41. The van der Waals surface area contributed by atoms with Crippen molar-refractivity contribution >= 4 is 57.6 Å². The van der Waals surface area contributed by atoms with Gasteiger partial charge in [-0.3, -0.25) is 19.3 Å². The van der Waals surface area contributed by atoms with Crippen molar-refractivity contribution in [3.63, 3.8) is 0 Å². The molecule has 2 aliphatic heterocycles. The van der Waals surface area contributed by atoms with Crippen LogP contribution in [-0.2, 0) is 32.5 Å². The van der Waals surface area contributed by atoms with Crippen LogP contribution >= 0.6 is 23.2 Å². The number of aromatic nitrogens is 1. The van der Waals surface area contributed by atoms with Gasteiger partial charge in [0.15, 0.2) is 0 Å². The lowest BCUT2D eigenvalue weighted by Crippen LogP contribution is -2.41. The van der Waals surface area contributed by atoms with Crippen molar-refractivity contribution in [2.45, 2.75) is 69.7 Å². The fourth-order valence-electron chi connectivity index (χ4n) is 7.72. The molecule has 48 heavy (non-hydrogen) atoms. The number of likely N-dealkylation sites (tertiary alicyclic amines) is 2. The van der Waals surface area contributed by atoms with Gasteiger partial charge in [-0.25, -0.2) is 0 Å². The van der Waals surface area contributed by atoms with Gasteiger partial charge in [-0.15, -0.1) is 0 Å². The summed E-state index contributed by atoms with van der Waals surface area (Å²) in [5, 5.41) is 13.7. The molecule has 4 atom stereocenters. The summed E-state index contributed by atoms with van der Waals surface area (Å²) < 4.78 is 13.9. The van der Waals surface area contributed by atoms with Gasteiger partial charge in [-0.1, -0.05) is 48.3 Å². The summed E-state index contributed by atoms with van der Waals surface area (Å²) >= 11 is 13.4. The largest absolute Gasteiger partial charge is 0.481 e. The van der Waals surface area contributed by atoms with E-state index in [1.807, 2.05) is 40.8 Å². The maximum absolute atomic E-state index is 14.0. The van der Waals surface area contributed by atoms with E-state index in [1.165, 1.54) is 0 Å². The highest BCUT2D eigenvalue weighted by atomic mass is 35.5. The minimum atomic E-state index is -0.739. The first-order chi connectivity index (χ1) is 23.0. The number of anilines is 1. The number of nitrogens with zero attached hydrogens (tertiary/aromatic N) is 3. The Hall–Kier alpha value is -3.15. The van der Waals surface area contributed by atoms with Gasteiger partial charge in [0.25, 0.3) is 5.91 Å². The summed E-state index contributed by atoms with van der Waals surface area (Å²) in [5.74, 6) is -1.01. The van der Waals surface area contributed by atoms with Crippen molar-refractivity contribution in [3.8, 4) is 0 Å². The van der Waals surface area contributed by atoms with Gasteiger partial charge in [-0.2, -0.15) is 0 Å². The number of carboxylic acid groups (broad SMARTS) is 1. The van der Waals surface area contributed by atoms with Crippen LogP contribution in [0.25, 0.3) is 10.9 Å². The number of ether oxygens (including phenoxy) is 2. The van der Waals surface area contributed by atoms with Crippen LogP contribution in [0.5, 0.6) is 0 Å². The molecular weight excluding hydrogens is 655 g/mol. The molecule has 1 aliphatic carbocycles. The van der Waals surface area contributed by atoms with Crippen LogP contribution < -0.4 is 5.32 Å². The highest BCUT2D eigenvalue weighted by Gasteiger charge is 2.42. The van der Waals surface area contributed by atoms with E-state index in [0.29, 0.717) is 71.6 Å². The number of para-hydroxylation sites is 1. The number of aliphatic carboxylic acids is 1. The number of fused-ring (bicyclic) bond motifs is 1. The van der Waals surface area contributed by atoms with Gasteiger partial charge in [-0.05, 0) is 61.8 Å². The lowest BCUT2D eigenvalue weighted by Gasteiger charge is -2.30. The Morgan fingerprint density at radius 2 is 1.77 bits per heavy atom. The van der Waals surface area contributed by atoms with Crippen molar-refractivity contribution in [3.05, 3.63) is 63.8 Å². The summed E-state index contributed by atoms with van der Waals surface area (Å²) in [5.41, 5.74) is 2.42. The third-order valence-electron chi connectivity index (χ3n) is 10.5. The summed E-state index contributed by atoms with van der Waals surface area (Å²) in [6, 6.07) is 11.0. The molecule has 2 saturated heterocycles.